The highest BCUT2D eigenvalue weighted by atomic mass is 32.1. The number of methoxy groups -OCH3 is 1. The third kappa shape index (κ3) is 4.80. The van der Waals surface area contributed by atoms with E-state index < -0.39 is 24.5 Å². The average Bonchev–Trinajstić information content (AvgIpc) is 3.35. The largest absolute Gasteiger partial charge is 0.497 e. The highest BCUT2D eigenvalue weighted by molar-refractivity contribution is 7.16. The number of hydrogen-bond acceptors (Lipinski definition) is 7. The normalized spacial score (nSPS) is 10.6. The molecular weight excluding hydrogens is 408 g/mol. The number of carbonyl (C=O) groups is 3. The van der Waals surface area contributed by atoms with E-state index in [1.54, 1.807) is 38.3 Å². The number of aromatic amines is 1. The van der Waals surface area contributed by atoms with Crippen LogP contribution >= 0.6 is 11.3 Å². The minimum absolute atomic E-state index is 0.225. The van der Waals surface area contributed by atoms with Crippen LogP contribution in [0.15, 0.2) is 30.3 Å². The van der Waals surface area contributed by atoms with Gasteiger partial charge in [0.2, 0.25) is 0 Å². The zero-order valence-electron chi connectivity index (χ0n) is 16.9. The maximum atomic E-state index is 12.3. The van der Waals surface area contributed by atoms with Gasteiger partial charge in [-0.05, 0) is 37.6 Å². The topological polar surface area (TPSA) is 107 Å². The molecule has 1 amide bonds. The maximum Gasteiger partial charge on any atom is 0.355 e. The molecule has 0 spiro atoms. The van der Waals surface area contributed by atoms with Gasteiger partial charge in [0.15, 0.2) is 6.61 Å². The molecule has 0 bridgehead atoms. The third-order valence-electron chi connectivity index (χ3n) is 4.26. The molecule has 0 atom stereocenters. The lowest BCUT2D eigenvalue weighted by molar-refractivity contribution is -0.119. The van der Waals surface area contributed by atoms with Crippen molar-refractivity contribution >= 4 is 45.1 Å². The molecule has 2 N–H and O–H groups in total. The molecule has 0 saturated carbocycles. The van der Waals surface area contributed by atoms with E-state index in [-0.39, 0.29) is 12.3 Å². The molecule has 0 aliphatic rings. The number of carbonyl (C=O) groups excluding carboxylic acids is 3. The number of H-pyrrole nitrogens is 1. The first-order chi connectivity index (χ1) is 14.4. The number of aromatic nitrogens is 1. The second-order valence-corrected chi connectivity index (χ2v) is 7.43. The van der Waals surface area contributed by atoms with Crippen LogP contribution in [0.3, 0.4) is 0 Å². The van der Waals surface area contributed by atoms with Crippen LogP contribution in [0.1, 0.15) is 39.6 Å². The van der Waals surface area contributed by atoms with Crippen molar-refractivity contribution in [3.8, 4) is 5.75 Å². The Kier molecular flexibility index (Phi) is 6.73. The molecule has 0 radical (unpaired) electrons. The van der Waals surface area contributed by atoms with Crippen molar-refractivity contribution in [3.05, 3.63) is 46.5 Å². The first kappa shape index (κ1) is 21.4. The molecule has 9 heteroatoms. The number of esters is 2. The lowest BCUT2D eigenvalue weighted by atomic mass is 10.2. The van der Waals surface area contributed by atoms with Crippen LogP contribution < -0.4 is 10.1 Å². The van der Waals surface area contributed by atoms with Crippen LogP contribution in [0.4, 0.5) is 5.00 Å². The van der Waals surface area contributed by atoms with E-state index in [2.05, 4.69) is 10.3 Å². The van der Waals surface area contributed by atoms with Crippen LogP contribution in [0.5, 0.6) is 5.75 Å². The van der Waals surface area contributed by atoms with Gasteiger partial charge >= 0.3 is 11.9 Å². The fraction of sp³-hybridized carbons (Fsp3) is 0.286. The monoisotopic (exact) mass is 430 g/mol. The summed E-state index contributed by atoms with van der Waals surface area (Å²) < 4.78 is 15.3. The Hall–Kier alpha value is -3.33. The van der Waals surface area contributed by atoms with E-state index in [4.69, 9.17) is 14.2 Å². The summed E-state index contributed by atoms with van der Waals surface area (Å²) in [5.41, 5.74) is 1.24. The summed E-state index contributed by atoms with van der Waals surface area (Å²) in [6, 6.07) is 8.69. The molecule has 0 aliphatic carbocycles. The Labute approximate surface area is 177 Å². The number of nitrogens with one attached hydrogen (secondary N) is 2. The summed E-state index contributed by atoms with van der Waals surface area (Å²) in [6.45, 7) is 3.41. The first-order valence-electron chi connectivity index (χ1n) is 9.38. The summed E-state index contributed by atoms with van der Waals surface area (Å²) in [7, 11) is 1.56. The number of fused-ring (bicyclic) bond motifs is 1. The Balaban J connectivity index is 1.64. The summed E-state index contributed by atoms with van der Waals surface area (Å²) in [6.07, 6.45) is 0.715. The van der Waals surface area contributed by atoms with Gasteiger partial charge in [-0.2, -0.15) is 0 Å². The summed E-state index contributed by atoms with van der Waals surface area (Å²) in [5, 5.41) is 3.82. The molecule has 0 fully saturated rings. The summed E-state index contributed by atoms with van der Waals surface area (Å²) >= 11 is 1.29. The van der Waals surface area contributed by atoms with Crippen molar-refractivity contribution in [1.82, 2.24) is 4.98 Å². The quantitative estimate of drug-likeness (QED) is 0.527. The Bertz CT molecular complexity index is 1080. The minimum atomic E-state index is -0.661. The number of amides is 1. The number of rotatable bonds is 8. The number of anilines is 1. The lowest BCUT2D eigenvalue weighted by Crippen LogP contribution is -2.21. The molecule has 2 aromatic heterocycles. The van der Waals surface area contributed by atoms with Crippen molar-refractivity contribution in [2.75, 3.05) is 25.6 Å². The van der Waals surface area contributed by atoms with Gasteiger partial charge in [0.05, 0.1) is 19.3 Å². The van der Waals surface area contributed by atoms with E-state index in [1.807, 2.05) is 13.0 Å². The molecule has 3 aromatic rings. The van der Waals surface area contributed by atoms with Crippen LogP contribution in [0.25, 0.3) is 10.9 Å². The average molecular weight is 430 g/mol. The molecule has 0 saturated heterocycles. The van der Waals surface area contributed by atoms with Gasteiger partial charge in [0.25, 0.3) is 5.91 Å². The zero-order valence-corrected chi connectivity index (χ0v) is 17.7. The zero-order chi connectivity index (χ0) is 21.7. The Morgan fingerprint density at radius 2 is 1.87 bits per heavy atom. The summed E-state index contributed by atoms with van der Waals surface area (Å²) in [5.74, 6) is -1.06. The van der Waals surface area contributed by atoms with Gasteiger partial charge in [-0.1, -0.05) is 6.92 Å². The second kappa shape index (κ2) is 9.45. The fourth-order valence-electron chi connectivity index (χ4n) is 2.78. The molecule has 2 heterocycles. The molecule has 0 unspecified atom stereocenters. The second-order valence-electron chi connectivity index (χ2n) is 6.29. The Morgan fingerprint density at radius 3 is 2.57 bits per heavy atom. The van der Waals surface area contributed by atoms with Crippen LogP contribution in [-0.2, 0) is 20.7 Å². The van der Waals surface area contributed by atoms with Gasteiger partial charge in [-0.3, -0.25) is 4.79 Å². The molecular formula is C21H22N2O6S. The SMILES string of the molecule is CCOC(=O)c1cc(CC)sc1NC(=O)COC(=O)c1cc2ccc(OC)cc2[nH]1. The van der Waals surface area contributed by atoms with Crippen LogP contribution in [0, 0.1) is 0 Å². The number of benzene rings is 1. The first-order valence-corrected chi connectivity index (χ1v) is 10.2. The van der Waals surface area contributed by atoms with E-state index >= 15 is 0 Å². The molecule has 30 heavy (non-hydrogen) atoms. The molecule has 158 valence electrons. The van der Waals surface area contributed by atoms with Crippen molar-refractivity contribution in [2.45, 2.75) is 20.3 Å². The van der Waals surface area contributed by atoms with E-state index in [9.17, 15) is 14.4 Å². The van der Waals surface area contributed by atoms with E-state index in [1.165, 1.54) is 11.3 Å². The third-order valence-corrected chi connectivity index (χ3v) is 5.46. The highest BCUT2D eigenvalue weighted by Gasteiger charge is 2.20. The number of aryl methyl sites for hydroxylation is 1. The summed E-state index contributed by atoms with van der Waals surface area (Å²) in [4.78, 5) is 40.5. The van der Waals surface area contributed by atoms with Gasteiger partial charge in [0, 0.05) is 21.8 Å². The predicted molar refractivity (Wildman–Crippen MR) is 113 cm³/mol. The molecule has 1 aromatic carbocycles. The molecule has 0 aliphatic heterocycles. The van der Waals surface area contributed by atoms with Crippen LogP contribution in [-0.4, -0.2) is 43.2 Å². The number of ether oxygens (including phenoxy) is 3. The van der Waals surface area contributed by atoms with Crippen molar-refractivity contribution < 1.29 is 28.6 Å². The van der Waals surface area contributed by atoms with E-state index in [0.29, 0.717) is 22.7 Å². The maximum absolute atomic E-state index is 12.3. The minimum Gasteiger partial charge on any atom is -0.497 e. The highest BCUT2D eigenvalue weighted by Crippen LogP contribution is 2.29. The lowest BCUT2D eigenvalue weighted by Gasteiger charge is -2.06. The van der Waals surface area contributed by atoms with Crippen molar-refractivity contribution in [3.63, 3.8) is 0 Å². The van der Waals surface area contributed by atoms with Crippen LogP contribution in [0.2, 0.25) is 0 Å². The molecule has 3 rings (SSSR count). The number of hydrogen-bond donors (Lipinski definition) is 2. The number of thiophene rings is 1. The molecule has 8 nitrogen and oxygen atoms in total. The fourth-order valence-corrected chi connectivity index (χ4v) is 3.78. The van der Waals surface area contributed by atoms with E-state index in [0.717, 1.165) is 15.8 Å². The van der Waals surface area contributed by atoms with Gasteiger partial charge < -0.3 is 24.5 Å². The van der Waals surface area contributed by atoms with Gasteiger partial charge in [-0.15, -0.1) is 11.3 Å². The smallest absolute Gasteiger partial charge is 0.355 e. The van der Waals surface area contributed by atoms with Crippen molar-refractivity contribution in [2.24, 2.45) is 0 Å². The Morgan fingerprint density at radius 1 is 1.07 bits per heavy atom. The standard InChI is InChI=1S/C21H22N2O6S/c1-4-14-10-15(20(25)28-5-2)19(30-14)23-18(24)11-29-21(26)17-8-12-6-7-13(27-3)9-16(12)22-17/h6-10,22H,4-5,11H2,1-3H3,(H,23,24). The van der Waals surface area contributed by atoms with Gasteiger partial charge in [-0.25, -0.2) is 9.59 Å². The predicted octanol–water partition coefficient (Wildman–Crippen LogP) is 3.77. The van der Waals surface area contributed by atoms with Crippen molar-refractivity contribution in [1.29, 1.82) is 0 Å². The van der Waals surface area contributed by atoms with Gasteiger partial charge in [0.1, 0.15) is 16.4 Å².